The molecule has 1 aliphatic rings. The second-order valence-electron chi connectivity index (χ2n) is 14.9. The highest BCUT2D eigenvalue weighted by Gasteiger charge is 2.47. The highest BCUT2D eigenvalue weighted by Crippen LogP contribution is 2.44. The van der Waals surface area contributed by atoms with Crippen LogP contribution in [0.25, 0.3) is 0 Å². The van der Waals surface area contributed by atoms with Crippen molar-refractivity contribution in [2.45, 2.75) is 142 Å². The Morgan fingerprint density at radius 3 is 2.21 bits per heavy atom. The first kappa shape index (κ1) is 39.0. The van der Waals surface area contributed by atoms with E-state index in [1.807, 2.05) is 6.92 Å². The highest BCUT2D eigenvalue weighted by atomic mass is 79.9. The van der Waals surface area contributed by atoms with Crippen LogP contribution in [0.4, 0.5) is 0 Å². The fourth-order valence-corrected chi connectivity index (χ4v) is 7.80. The van der Waals surface area contributed by atoms with Crippen LogP contribution in [-0.2, 0) is 23.2 Å². The molecule has 0 N–H and O–H groups in total. The van der Waals surface area contributed by atoms with Crippen LogP contribution in [0.2, 0.25) is 36.3 Å². The number of esters is 1. The van der Waals surface area contributed by atoms with Crippen molar-refractivity contribution in [1.82, 2.24) is 0 Å². The first-order valence-corrected chi connectivity index (χ1v) is 22.2. The third-order valence-electron chi connectivity index (χ3n) is 9.48. The third-order valence-corrected chi connectivity index (χ3v) is 19.1. The van der Waals surface area contributed by atoms with Crippen molar-refractivity contribution in [3.8, 4) is 11.8 Å². The lowest BCUT2D eigenvalue weighted by Crippen LogP contribution is -2.45. The molecule has 0 spiro atoms. The first-order chi connectivity index (χ1) is 19.2. The van der Waals surface area contributed by atoms with E-state index in [0.29, 0.717) is 25.7 Å². The zero-order chi connectivity index (χ0) is 32.5. The zero-order valence-corrected chi connectivity index (χ0v) is 32.4. The van der Waals surface area contributed by atoms with Crippen molar-refractivity contribution in [2.24, 2.45) is 17.8 Å². The SMILES string of the molecule is CC#CCC(C)[C@@H](/C=C/[C@H]1[C@H](O[Si](C)(C)C(C)(C)C)CC(=O)[C@@H]1C/C(Br)=C/CCCC(=O)OC)O[Si](C)(C)C(C)(C)C. The fraction of sp³-hybridized carbons (Fsp3) is 0.765. The first-order valence-electron chi connectivity index (χ1n) is 15.5. The number of methoxy groups -OCH3 is 1. The van der Waals surface area contributed by atoms with E-state index in [4.69, 9.17) is 13.6 Å². The van der Waals surface area contributed by atoms with Gasteiger partial charge in [-0.3, -0.25) is 9.59 Å². The summed E-state index contributed by atoms with van der Waals surface area (Å²) in [6.07, 6.45) is 9.96. The average molecular weight is 684 g/mol. The molecule has 1 unspecified atom stereocenters. The summed E-state index contributed by atoms with van der Waals surface area (Å²) in [5.41, 5.74) is 0. The molecule has 0 aromatic rings. The van der Waals surface area contributed by atoms with E-state index in [9.17, 15) is 9.59 Å². The van der Waals surface area contributed by atoms with Crippen molar-refractivity contribution >= 4 is 44.3 Å². The van der Waals surface area contributed by atoms with Crippen molar-refractivity contribution in [2.75, 3.05) is 7.11 Å². The number of allylic oxidation sites excluding steroid dienone is 2. The van der Waals surface area contributed by atoms with E-state index >= 15 is 0 Å². The molecule has 1 fully saturated rings. The van der Waals surface area contributed by atoms with E-state index in [1.165, 1.54) is 7.11 Å². The molecular formula is C34H59BrO5Si2. The number of hydrogen-bond donors (Lipinski definition) is 0. The van der Waals surface area contributed by atoms with Crippen molar-refractivity contribution < 1.29 is 23.2 Å². The second kappa shape index (κ2) is 16.4. The largest absolute Gasteiger partial charge is 0.469 e. The minimum atomic E-state index is -2.11. The average Bonchev–Trinajstić information content (AvgIpc) is 3.13. The predicted octanol–water partition coefficient (Wildman–Crippen LogP) is 9.59. The lowest BCUT2D eigenvalue weighted by atomic mass is 9.89. The molecule has 0 saturated heterocycles. The van der Waals surface area contributed by atoms with E-state index in [1.54, 1.807) is 0 Å². The summed E-state index contributed by atoms with van der Waals surface area (Å²) in [5, 5.41) is 0.127. The topological polar surface area (TPSA) is 61.8 Å². The standard InChI is InChI=1S/C34H59BrO5Si2/c1-14-15-18-25(2)30(39-41(10,11)33(3,4)5)22-21-27-28(23-26(35)19-16-17-20-32(37)38-9)29(36)24-31(27)40-42(12,13)34(6,7)8/h19,21-22,25,27-28,30-31H,16-18,20,23-24H2,1-13H3/b22-21+,26-19-/t25?,27-,28-,30-,31-/m1/s1. The number of ketones is 1. The van der Waals surface area contributed by atoms with Gasteiger partial charge in [0.1, 0.15) is 5.78 Å². The predicted molar refractivity (Wildman–Crippen MR) is 185 cm³/mol. The smallest absolute Gasteiger partial charge is 0.305 e. The van der Waals surface area contributed by atoms with Crippen molar-refractivity contribution in [3.63, 3.8) is 0 Å². The summed E-state index contributed by atoms with van der Waals surface area (Å²) >= 11 is 3.74. The summed E-state index contributed by atoms with van der Waals surface area (Å²) in [4.78, 5) is 25.0. The van der Waals surface area contributed by atoms with Crippen LogP contribution in [-0.4, -0.2) is 47.7 Å². The molecule has 0 aromatic carbocycles. The second-order valence-corrected chi connectivity index (χ2v) is 25.5. The van der Waals surface area contributed by atoms with E-state index in [0.717, 1.165) is 17.3 Å². The van der Waals surface area contributed by atoms with Crippen LogP contribution in [0.15, 0.2) is 22.7 Å². The summed E-state index contributed by atoms with van der Waals surface area (Å²) in [7, 11) is -2.75. The molecule has 0 amide bonds. The third kappa shape index (κ3) is 11.8. The van der Waals surface area contributed by atoms with Gasteiger partial charge in [-0.15, -0.1) is 11.8 Å². The maximum atomic E-state index is 13.6. The summed E-state index contributed by atoms with van der Waals surface area (Å²) in [6, 6.07) is 0. The van der Waals surface area contributed by atoms with Gasteiger partial charge < -0.3 is 13.6 Å². The van der Waals surface area contributed by atoms with Gasteiger partial charge >= 0.3 is 5.97 Å². The molecule has 0 radical (unpaired) electrons. The van der Waals surface area contributed by atoms with Gasteiger partial charge in [0.15, 0.2) is 16.6 Å². The number of hydrogen-bond acceptors (Lipinski definition) is 5. The number of halogens is 1. The van der Waals surface area contributed by atoms with Crippen LogP contribution in [0.1, 0.15) is 93.9 Å². The lowest BCUT2D eigenvalue weighted by molar-refractivity contribution is -0.140. The molecule has 240 valence electrons. The molecule has 0 heterocycles. The van der Waals surface area contributed by atoms with Gasteiger partial charge in [0.2, 0.25) is 0 Å². The van der Waals surface area contributed by atoms with Crippen molar-refractivity contribution in [3.05, 3.63) is 22.7 Å². The van der Waals surface area contributed by atoms with Crippen LogP contribution >= 0.6 is 15.9 Å². The number of carbonyl (C=O) groups is 2. The summed E-state index contributed by atoms with van der Waals surface area (Å²) < 4.78 is 19.6. The summed E-state index contributed by atoms with van der Waals surface area (Å²) in [5.74, 6) is 6.34. The maximum absolute atomic E-state index is 13.6. The van der Waals surface area contributed by atoms with Gasteiger partial charge in [-0.2, -0.15) is 0 Å². The van der Waals surface area contributed by atoms with Gasteiger partial charge in [0, 0.05) is 31.1 Å². The Labute approximate surface area is 268 Å². The van der Waals surface area contributed by atoms with Gasteiger partial charge in [-0.1, -0.05) is 82.6 Å². The molecule has 8 heteroatoms. The Morgan fingerprint density at radius 1 is 1.10 bits per heavy atom. The number of ether oxygens (including phenoxy) is 1. The van der Waals surface area contributed by atoms with Crippen LogP contribution in [0.5, 0.6) is 0 Å². The zero-order valence-electron chi connectivity index (χ0n) is 28.8. The van der Waals surface area contributed by atoms with Crippen molar-refractivity contribution in [1.29, 1.82) is 0 Å². The monoisotopic (exact) mass is 682 g/mol. The number of rotatable bonds is 14. The Morgan fingerprint density at radius 2 is 1.69 bits per heavy atom. The number of Topliss-reactive ketones (excluding diaryl/α,β-unsaturated/α-hetero) is 1. The molecule has 0 aliphatic heterocycles. The highest BCUT2D eigenvalue weighted by molar-refractivity contribution is 9.11. The van der Waals surface area contributed by atoms with Crippen LogP contribution in [0, 0.1) is 29.6 Å². The molecular weight excluding hydrogens is 624 g/mol. The minimum absolute atomic E-state index is 0.0439. The van der Waals surface area contributed by atoms with Crippen LogP contribution in [0.3, 0.4) is 0 Å². The number of carbonyl (C=O) groups excluding carboxylic acids is 2. The van der Waals surface area contributed by atoms with Gasteiger partial charge in [-0.25, -0.2) is 0 Å². The fourth-order valence-electron chi connectivity index (χ4n) is 4.52. The molecule has 42 heavy (non-hydrogen) atoms. The molecule has 1 aliphatic carbocycles. The quantitative estimate of drug-likeness (QED) is 0.0600. The Balaban J connectivity index is 3.40. The Hall–Kier alpha value is -0.986. The van der Waals surface area contributed by atoms with Gasteiger partial charge in [0.25, 0.3) is 0 Å². The van der Waals surface area contributed by atoms with E-state index in [-0.39, 0.29) is 51.8 Å². The molecule has 5 nitrogen and oxygen atoms in total. The molecule has 0 bridgehead atoms. The Bertz CT molecular complexity index is 1020. The molecule has 1 saturated carbocycles. The van der Waals surface area contributed by atoms with E-state index in [2.05, 4.69) is 121 Å². The minimum Gasteiger partial charge on any atom is -0.469 e. The van der Waals surface area contributed by atoms with E-state index < -0.39 is 16.6 Å². The molecule has 1 rings (SSSR count). The Kier molecular flexibility index (Phi) is 15.2. The number of unbranched alkanes of at least 4 members (excludes halogenated alkanes) is 1. The van der Waals surface area contributed by atoms with Gasteiger partial charge in [0.05, 0.1) is 19.3 Å². The molecule has 5 atom stereocenters. The maximum Gasteiger partial charge on any atom is 0.305 e. The van der Waals surface area contributed by atoms with Gasteiger partial charge in [-0.05, 0) is 72.9 Å². The normalized spacial score (nSPS) is 22.2. The molecule has 0 aromatic heterocycles. The van der Waals surface area contributed by atoms with Crippen LogP contribution < -0.4 is 0 Å². The lowest BCUT2D eigenvalue weighted by Gasteiger charge is -2.40. The summed E-state index contributed by atoms with van der Waals surface area (Å²) in [6.45, 7) is 26.7.